The number of hydroxylamine groups is 1. The quantitative estimate of drug-likeness (QED) is 0.402. The average Bonchev–Trinajstić information content (AvgIpc) is 2.50. The van der Waals surface area contributed by atoms with E-state index in [1.165, 1.54) is 14.2 Å². The summed E-state index contributed by atoms with van der Waals surface area (Å²) in [6.45, 7) is 0. The van der Waals surface area contributed by atoms with E-state index in [0.717, 1.165) is 0 Å². The van der Waals surface area contributed by atoms with E-state index in [-0.39, 0.29) is 5.56 Å². The Labute approximate surface area is 123 Å². The highest BCUT2D eigenvalue weighted by atomic mass is 16.7. The van der Waals surface area contributed by atoms with Crippen LogP contribution >= 0.6 is 0 Å². The number of hydrogen-bond acceptors (Lipinski definition) is 6. The van der Waals surface area contributed by atoms with Crippen LogP contribution in [0.15, 0.2) is 29.1 Å². The molecular weight excluding hydrogens is 274 g/mol. The highest BCUT2D eigenvalue weighted by Crippen LogP contribution is 2.23. The Balaban J connectivity index is 3.46. The van der Waals surface area contributed by atoms with E-state index in [2.05, 4.69) is 15.8 Å². The number of nitrogens with zero attached hydrogens (tertiary/aromatic N) is 1. The topological polar surface area (TPSA) is 92.2 Å². The van der Waals surface area contributed by atoms with Crippen LogP contribution in [0.25, 0.3) is 5.57 Å². The molecule has 0 amide bonds. The van der Waals surface area contributed by atoms with Crippen LogP contribution in [0, 0.1) is 0 Å². The molecule has 21 heavy (non-hydrogen) atoms. The number of methoxy groups -OCH3 is 1. The largest absolute Gasteiger partial charge is 0.481 e. The molecule has 0 fully saturated rings. The zero-order chi connectivity index (χ0) is 15.8. The van der Waals surface area contributed by atoms with Crippen molar-refractivity contribution in [1.29, 1.82) is 0 Å². The Hall–Kier alpha value is -2.54. The third kappa shape index (κ3) is 3.96. The standard InChI is InChI=1S/C14H19N3O4/c1-15-8-11(13(20-3)17-21-4)9-5-6-12(16-2)10(7-9)14(18)19/h5-8,16-17H,1-4H3,(H,18,19)/b13-11-,15-8?. The van der Waals surface area contributed by atoms with E-state index in [4.69, 9.17) is 9.57 Å². The second-order valence-electron chi connectivity index (χ2n) is 3.96. The number of carboxylic acids is 1. The number of rotatable bonds is 7. The Kier molecular flexibility index (Phi) is 6.22. The van der Waals surface area contributed by atoms with E-state index in [1.807, 2.05) is 0 Å². The SMILES string of the molecule is CN=C/C(=C(\NOC)OC)c1ccc(NC)c(C(=O)O)c1. The molecule has 0 atom stereocenters. The van der Waals surface area contributed by atoms with E-state index >= 15 is 0 Å². The number of aliphatic imine (C=N–C) groups is 1. The number of carboxylic acid groups (broad SMARTS) is 1. The van der Waals surface area contributed by atoms with Gasteiger partial charge in [-0.1, -0.05) is 6.07 Å². The zero-order valence-electron chi connectivity index (χ0n) is 12.4. The normalized spacial score (nSPS) is 12.0. The summed E-state index contributed by atoms with van der Waals surface area (Å²) in [6.07, 6.45) is 1.56. The Morgan fingerprint density at radius 3 is 2.57 bits per heavy atom. The maximum absolute atomic E-state index is 11.3. The molecule has 0 heterocycles. The average molecular weight is 293 g/mol. The van der Waals surface area contributed by atoms with E-state index in [1.54, 1.807) is 38.5 Å². The third-order valence-electron chi connectivity index (χ3n) is 2.73. The lowest BCUT2D eigenvalue weighted by molar-refractivity contribution is 0.0655. The minimum absolute atomic E-state index is 0.157. The maximum Gasteiger partial charge on any atom is 0.337 e. The highest BCUT2D eigenvalue weighted by Gasteiger charge is 2.14. The number of carbonyl (C=O) groups is 1. The summed E-state index contributed by atoms with van der Waals surface area (Å²) in [5, 5.41) is 12.1. The molecule has 0 spiro atoms. The summed E-state index contributed by atoms with van der Waals surface area (Å²) in [6, 6.07) is 5.00. The van der Waals surface area contributed by atoms with Crippen LogP contribution in [0.2, 0.25) is 0 Å². The summed E-state index contributed by atoms with van der Waals surface area (Å²) in [4.78, 5) is 20.1. The lowest BCUT2D eigenvalue weighted by Crippen LogP contribution is -2.16. The molecule has 7 nitrogen and oxygen atoms in total. The minimum atomic E-state index is -1.02. The van der Waals surface area contributed by atoms with Crippen LogP contribution in [0.4, 0.5) is 5.69 Å². The predicted octanol–water partition coefficient (Wildman–Crippen LogP) is 1.59. The molecule has 7 heteroatoms. The fourth-order valence-electron chi connectivity index (χ4n) is 1.80. The first kappa shape index (κ1) is 16.5. The van der Waals surface area contributed by atoms with Crippen LogP contribution in [-0.2, 0) is 9.57 Å². The lowest BCUT2D eigenvalue weighted by Gasteiger charge is -2.13. The van der Waals surface area contributed by atoms with Gasteiger partial charge < -0.3 is 15.2 Å². The van der Waals surface area contributed by atoms with Crippen molar-refractivity contribution in [2.45, 2.75) is 0 Å². The van der Waals surface area contributed by atoms with Gasteiger partial charge in [0.2, 0.25) is 5.88 Å². The first-order valence-electron chi connectivity index (χ1n) is 6.13. The molecule has 0 radical (unpaired) electrons. The van der Waals surface area contributed by atoms with Crippen molar-refractivity contribution in [3.8, 4) is 0 Å². The van der Waals surface area contributed by atoms with Crippen molar-refractivity contribution in [2.75, 3.05) is 33.6 Å². The summed E-state index contributed by atoms with van der Waals surface area (Å²) >= 11 is 0. The summed E-state index contributed by atoms with van der Waals surface area (Å²) < 4.78 is 5.21. The number of benzene rings is 1. The zero-order valence-corrected chi connectivity index (χ0v) is 12.4. The molecule has 0 aromatic heterocycles. The Morgan fingerprint density at radius 1 is 1.38 bits per heavy atom. The van der Waals surface area contributed by atoms with Gasteiger partial charge in [-0.05, 0) is 17.7 Å². The second-order valence-corrected chi connectivity index (χ2v) is 3.96. The predicted molar refractivity (Wildman–Crippen MR) is 81.4 cm³/mol. The maximum atomic E-state index is 11.3. The first-order chi connectivity index (χ1) is 10.1. The second kappa shape index (κ2) is 7.91. The molecule has 1 rings (SSSR count). The van der Waals surface area contributed by atoms with Crippen molar-refractivity contribution in [2.24, 2.45) is 4.99 Å². The van der Waals surface area contributed by atoms with Gasteiger partial charge in [0, 0.05) is 26.0 Å². The molecule has 1 aromatic carbocycles. The lowest BCUT2D eigenvalue weighted by atomic mass is 10.0. The van der Waals surface area contributed by atoms with E-state index in [9.17, 15) is 9.90 Å². The van der Waals surface area contributed by atoms with Gasteiger partial charge in [-0.25, -0.2) is 10.3 Å². The smallest absolute Gasteiger partial charge is 0.337 e. The van der Waals surface area contributed by atoms with E-state index in [0.29, 0.717) is 22.7 Å². The molecule has 0 aliphatic heterocycles. The van der Waals surface area contributed by atoms with Gasteiger partial charge in [-0.2, -0.15) is 0 Å². The first-order valence-corrected chi connectivity index (χ1v) is 6.13. The Bertz CT molecular complexity index is 567. The molecule has 0 saturated carbocycles. The molecular formula is C14H19N3O4. The fourth-order valence-corrected chi connectivity index (χ4v) is 1.80. The van der Waals surface area contributed by atoms with Gasteiger partial charge in [0.15, 0.2) is 0 Å². The third-order valence-corrected chi connectivity index (χ3v) is 2.73. The van der Waals surface area contributed by atoms with Crippen molar-refractivity contribution in [3.05, 3.63) is 35.2 Å². The van der Waals surface area contributed by atoms with Gasteiger partial charge in [0.25, 0.3) is 0 Å². The summed E-state index contributed by atoms with van der Waals surface area (Å²) in [7, 11) is 6.20. The van der Waals surface area contributed by atoms with Gasteiger partial charge in [-0.3, -0.25) is 9.83 Å². The molecule has 3 N–H and O–H groups in total. The molecule has 0 aliphatic carbocycles. The van der Waals surface area contributed by atoms with Gasteiger partial charge in [-0.15, -0.1) is 0 Å². The van der Waals surface area contributed by atoms with Crippen molar-refractivity contribution in [3.63, 3.8) is 0 Å². The van der Waals surface area contributed by atoms with Gasteiger partial charge in [0.05, 0.1) is 25.4 Å². The van der Waals surface area contributed by atoms with Crippen LogP contribution in [0.5, 0.6) is 0 Å². The van der Waals surface area contributed by atoms with Crippen LogP contribution < -0.4 is 10.8 Å². The minimum Gasteiger partial charge on any atom is -0.481 e. The van der Waals surface area contributed by atoms with Crippen molar-refractivity contribution >= 4 is 23.4 Å². The molecule has 0 unspecified atom stereocenters. The van der Waals surface area contributed by atoms with Gasteiger partial charge >= 0.3 is 5.97 Å². The van der Waals surface area contributed by atoms with Crippen molar-refractivity contribution in [1.82, 2.24) is 5.48 Å². The highest BCUT2D eigenvalue weighted by molar-refractivity contribution is 6.11. The number of anilines is 1. The number of nitrogens with one attached hydrogen (secondary N) is 2. The van der Waals surface area contributed by atoms with Crippen LogP contribution in [-0.4, -0.2) is 45.6 Å². The summed E-state index contributed by atoms with van der Waals surface area (Å²) in [5.41, 5.74) is 4.49. The molecule has 0 saturated heterocycles. The monoisotopic (exact) mass is 293 g/mol. The van der Waals surface area contributed by atoms with Crippen molar-refractivity contribution < 1.29 is 19.5 Å². The van der Waals surface area contributed by atoms with E-state index < -0.39 is 5.97 Å². The number of aromatic carboxylic acids is 1. The fraction of sp³-hybridized carbons (Fsp3) is 0.286. The molecule has 1 aromatic rings. The number of ether oxygens (including phenoxy) is 1. The molecule has 114 valence electrons. The number of hydrogen-bond donors (Lipinski definition) is 3. The molecule has 0 bridgehead atoms. The van der Waals surface area contributed by atoms with Crippen LogP contribution in [0.1, 0.15) is 15.9 Å². The summed E-state index contributed by atoms with van der Waals surface area (Å²) in [5.74, 6) is -0.690. The Morgan fingerprint density at radius 2 is 2.10 bits per heavy atom. The van der Waals surface area contributed by atoms with Gasteiger partial charge in [0.1, 0.15) is 0 Å². The van der Waals surface area contributed by atoms with Crippen LogP contribution in [0.3, 0.4) is 0 Å². The molecule has 0 aliphatic rings. The number of allylic oxidation sites excluding steroid dienone is 1.